The molecule has 2 N–H and O–H groups in total. The van der Waals surface area contributed by atoms with Gasteiger partial charge in [0.1, 0.15) is 0 Å². The fraction of sp³-hybridized carbons (Fsp3) is 0.889. The van der Waals surface area contributed by atoms with Gasteiger partial charge < -0.3 is 10.6 Å². The number of nitrogens with two attached hydrogens (primary N) is 1. The molecule has 1 aliphatic heterocycles. The van der Waals surface area contributed by atoms with Crippen LogP contribution in [0.1, 0.15) is 6.92 Å². The van der Waals surface area contributed by atoms with Crippen LogP contribution in [0.15, 0.2) is 0 Å². The maximum atomic E-state index is 8.82. The fourth-order valence-corrected chi connectivity index (χ4v) is 1.82. The molecule has 1 aliphatic rings. The first-order valence-electron chi connectivity index (χ1n) is 4.73. The molecule has 0 radical (unpaired) electrons. The molecule has 0 amide bonds. The summed E-state index contributed by atoms with van der Waals surface area (Å²) in [5.74, 6) is 0. The molecule has 0 aromatic carbocycles. The molecule has 13 heavy (non-hydrogen) atoms. The van der Waals surface area contributed by atoms with Gasteiger partial charge >= 0.3 is 0 Å². The zero-order valence-electron chi connectivity index (χ0n) is 8.40. The molecule has 4 heteroatoms. The highest BCUT2D eigenvalue weighted by Crippen LogP contribution is 2.10. The van der Waals surface area contributed by atoms with Crippen LogP contribution in [0.4, 0.5) is 0 Å². The lowest BCUT2D eigenvalue weighted by Crippen LogP contribution is -2.57. The minimum Gasteiger partial charge on any atom is -0.329 e. The first-order chi connectivity index (χ1) is 6.19. The lowest BCUT2D eigenvalue weighted by atomic mass is 10.1. The van der Waals surface area contributed by atoms with E-state index in [4.69, 9.17) is 11.0 Å². The average molecular weight is 182 g/mol. The summed E-state index contributed by atoms with van der Waals surface area (Å²) in [6, 6.07) is 2.59. The normalized spacial score (nSPS) is 28.3. The second kappa shape index (κ2) is 4.56. The molecule has 0 spiro atoms. The zero-order valence-corrected chi connectivity index (χ0v) is 8.40. The average Bonchev–Trinajstić information content (AvgIpc) is 2.16. The van der Waals surface area contributed by atoms with Crippen molar-refractivity contribution >= 4 is 0 Å². The van der Waals surface area contributed by atoms with Crippen molar-refractivity contribution in [1.82, 2.24) is 9.80 Å². The van der Waals surface area contributed by atoms with Crippen molar-refractivity contribution in [1.29, 1.82) is 5.26 Å². The predicted octanol–water partition coefficient (Wildman–Crippen LogP) is -0.527. The second-order valence-corrected chi connectivity index (χ2v) is 3.69. The van der Waals surface area contributed by atoms with E-state index in [0.29, 0.717) is 12.6 Å². The van der Waals surface area contributed by atoms with Crippen LogP contribution < -0.4 is 5.73 Å². The van der Waals surface area contributed by atoms with Gasteiger partial charge in [0.25, 0.3) is 0 Å². The Bertz CT molecular complexity index is 198. The second-order valence-electron chi connectivity index (χ2n) is 3.69. The summed E-state index contributed by atoms with van der Waals surface area (Å²) in [6.45, 7) is 5.53. The number of hydrogen-bond acceptors (Lipinski definition) is 4. The standard InChI is InChI=1S/C9H18N4/c1-8(5-10)13-4-3-12(2)7-9(13)6-11/h8-9H,3-4,6-7,11H2,1-2H3. The quantitative estimate of drug-likeness (QED) is 0.624. The highest BCUT2D eigenvalue weighted by atomic mass is 15.3. The van der Waals surface area contributed by atoms with E-state index in [-0.39, 0.29) is 6.04 Å². The van der Waals surface area contributed by atoms with Gasteiger partial charge in [0, 0.05) is 32.2 Å². The van der Waals surface area contributed by atoms with E-state index in [1.54, 1.807) is 0 Å². The molecule has 1 saturated heterocycles. The molecule has 0 aromatic rings. The van der Waals surface area contributed by atoms with Crippen LogP contribution in [0.5, 0.6) is 0 Å². The first-order valence-corrected chi connectivity index (χ1v) is 4.73. The highest BCUT2D eigenvalue weighted by Gasteiger charge is 2.27. The van der Waals surface area contributed by atoms with Crippen molar-refractivity contribution in [3.8, 4) is 6.07 Å². The summed E-state index contributed by atoms with van der Waals surface area (Å²) in [5.41, 5.74) is 5.67. The van der Waals surface area contributed by atoms with Crippen molar-refractivity contribution in [2.24, 2.45) is 5.73 Å². The Kier molecular flexibility index (Phi) is 3.67. The van der Waals surface area contributed by atoms with Crippen molar-refractivity contribution < 1.29 is 0 Å². The third-order valence-corrected chi connectivity index (χ3v) is 2.69. The number of piperazine rings is 1. The number of nitriles is 1. The molecule has 0 aliphatic carbocycles. The van der Waals surface area contributed by atoms with Crippen LogP contribution in [-0.2, 0) is 0 Å². The Morgan fingerprint density at radius 2 is 2.31 bits per heavy atom. The monoisotopic (exact) mass is 182 g/mol. The van der Waals surface area contributed by atoms with E-state index >= 15 is 0 Å². The van der Waals surface area contributed by atoms with Gasteiger partial charge in [0.05, 0.1) is 12.1 Å². The lowest BCUT2D eigenvalue weighted by Gasteiger charge is -2.40. The van der Waals surface area contributed by atoms with Gasteiger partial charge in [-0.3, -0.25) is 4.90 Å². The predicted molar refractivity (Wildman–Crippen MR) is 52.1 cm³/mol. The Morgan fingerprint density at radius 3 is 2.85 bits per heavy atom. The van der Waals surface area contributed by atoms with Crippen LogP contribution in [0.2, 0.25) is 0 Å². The molecule has 1 rings (SSSR count). The highest BCUT2D eigenvalue weighted by molar-refractivity contribution is 4.94. The van der Waals surface area contributed by atoms with E-state index in [1.165, 1.54) is 0 Å². The van der Waals surface area contributed by atoms with Gasteiger partial charge in [0.2, 0.25) is 0 Å². The Balaban J connectivity index is 2.58. The summed E-state index contributed by atoms with van der Waals surface area (Å²) in [7, 11) is 2.09. The fourth-order valence-electron chi connectivity index (χ4n) is 1.82. The number of hydrogen-bond donors (Lipinski definition) is 1. The van der Waals surface area contributed by atoms with Gasteiger partial charge in [-0.15, -0.1) is 0 Å². The number of likely N-dealkylation sites (N-methyl/N-ethyl adjacent to an activating group) is 1. The molecule has 1 fully saturated rings. The van der Waals surface area contributed by atoms with Crippen molar-refractivity contribution in [2.45, 2.75) is 19.0 Å². The Labute approximate surface area is 79.9 Å². The van der Waals surface area contributed by atoms with E-state index in [0.717, 1.165) is 19.6 Å². The molecule has 0 aromatic heterocycles. The van der Waals surface area contributed by atoms with E-state index < -0.39 is 0 Å². The first kappa shape index (κ1) is 10.5. The van der Waals surface area contributed by atoms with Gasteiger partial charge in [-0.05, 0) is 14.0 Å². The van der Waals surface area contributed by atoms with Gasteiger partial charge in [-0.25, -0.2) is 0 Å². The van der Waals surface area contributed by atoms with E-state index in [1.807, 2.05) is 6.92 Å². The van der Waals surface area contributed by atoms with Crippen LogP contribution >= 0.6 is 0 Å². The van der Waals surface area contributed by atoms with Crippen LogP contribution in [0.3, 0.4) is 0 Å². The van der Waals surface area contributed by atoms with E-state index in [2.05, 4.69) is 22.9 Å². The van der Waals surface area contributed by atoms with Crippen molar-refractivity contribution in [3.05, 3.63) is 0 Å². The van der Waals surface area contributed by atoms with Crippen LogP contribution in [0, 0.1) is 11.3 Å². The molecule has 1 heterocycles. The third-order valence-electron chi connectivity index (χ3n) is 2.69. The van der Waals surface area contributed by atoms with E-state index in [9.17, 15) is 0 Å². The Hall–Kier alpha value is -0.630. The lowest BCUT2D eigenvalue weighted by molar-refractivity contribution is 0.0799. The zero-order chi connectivity index (χ0) is 9.84. The summed E-state index contributed by atoms with van der Waals surface area (Å²) < 4.78 is 0. The summed E-state index contributed by atoms with van der Waals surface area (Å²) in [4.78, 5) is 4.46. The minimum atomic E-state index is -0.0118. The summed E-state index contributed by atoms with van der Waals surface area (Å²) in [6.07, 6.45) is 0. The molecular formula is C9H18N4. The molecular weight excluding hydrogens is 164 g/mol. The largest absolute Gasteiger partial charge is 0.329 e. The van der Waals surface area contributed by atoms with Gasteiger partial charge in [0.15, 0.2) is 0 Å². The number of rotatable bonds is 2. The Morgan fingerprint density at radius 1 is 1.62 bits per heavy atom. The molecule has 2 unspecified atom stereocenters. The molecule has 0 saturated carbocycles. The smallest absolute Gasteiger partial charge is 0.0953 e. The van der Waals surface area contributed by atoms with Crippen molar-refractivity contribution in [2.75, 3.05) is 33.2 Å². The van der Waals surface area contributed by atoms with Crippen molar-refractivity contribution in [3.63, 3.8) is 0 Å². The maximum absolute atomic E-state index is 8.82. The summed E-state index contributed by atoms with van der Waals surface area (Å²) in [5, 5.41) is 8.82. The molecule has 0 bridgehead atoms. The SMILES string of the molecule is CC(C#N)N1CCN(C)CC1CN. The minimum absolute atomic E-state index is 0.0118. The van der Waals surface area contributed by atoms with Gasteiger partial charge in [-0.2, -0.15) is 5.26 Å². The maximum Gasteiger partial charge on any atom is 0.0953 e. The van der Waals surface area contributed by atoms with Crippen LogP contribution in [-0.4, -0.2) is 55.1 Å². The van der Waals surface area contributed by atoms with Crippen LogP contribution in [0.25, 0.3) is 0 Å². The number of nitrogens with zero attached hydrogens (tertiary/aromatic N) is 3. The summed E-state index contributed by atoms with van der Waals surface area (Å²) >= 11 is 0. The molecule has 74 valence electrons. The molecule has 2 atom stereocenters. The molecule has 4 nitrogen and oxygen atoms in total. The van der Waals surface area contributed by atoms with Gasteiger partial charge in [-0.1, -0.05) is 0 Å². The third kappa shape index (κ3) is 2.41. The topological polar surface area (TPSA) is 56.3 Å².